The molecule has 5 heteroatoms. The number of ether oxygens (including phenoxy) is 1. The lowest BCUT2D eigenvalue weighted by atomic mass is 10.0. The molecule has 1 unspecified atom stereocenters. The predicted octanol–water partition coefficient (Wildman–Crippen LogP) is 2.03. The maximum Gasteiger partial charge on any atom is 0.119 e. The molecule has 1 saturated heterocycles. The fourth-order valence-corrected chi connectivity index (χ4v) is 3.49. The summed E-state index contributed by atoms with van der Waals surface area (Å²) in [5, 5.41) is 21.9. The molecule has 0 bridgehead atoms. The Bertz CT molecular complexity index is 452. The summed E-state index contributed by atoms with van der Waals surface area (Å²) in [5.74, 6) is 3.95. The van der Waals surface area contributed by atoms with Crippen LogP contribution in [0.3, 0.4) is 0 Å². The fraction of sp³-hybridized carbons (Fsp3) is 0.562. The lowest BCUT2D eigenvalue weighted by Gasteiger charge is -2.22. The van der Waals surface area contributed by atoms with E-state index < -0.39 is 6.10 Å². The summed E-state index contributed by atoms with van der Waals surface area (Å²) in [5.41, 5.74) is 0.607. The lowest BCUT2D eigenvalue weighted by Crippen LogP contribution is -2.35. The molecule has 0 saturated carbocycles. The van der Waals surface area contributed by atoms with Crippen LogP contribution in [-0.4, -0.2) is 42.4 Å². The number of hydrogen-bond donors (Lipinski definition) is 2. The molecule has 1 fully saturated rings. The molecule has 1 heterocycles. The maximum absolute atomic E-state index is 9.90. The summed E-state index contributed by atoms with van der Waals surface area (Å²) in [6.45, 7) is 1.80. The van der Waals surface area contributed by atoms with Gasteiger partial charge in [-0.1, -0.05) is 0 Å². The van der Waals surface area contributed by atoms with E-state index in [0.29, 0.717) is 17.9 Å². The van der Waals surface area contributed by atoms with Crippen molar-refractivity contribution in [3.63, 3.8) is 0 Å². The van der Waals surface area contributed by atoms with E-state index in [0.717, 1.165) is 12.5 Å². The second kappa shape index (κ2) is 8.93. The molecule has 1 aliphatic heterocycles. The molecule has 114 valence electrons. The second-order valence-electron chi connectivity index (χ2n) is 5.32. The van der Waals surface area contributed by atoms with Crippen LogP contribution in [0.2, 0.25) is 0 Å². The van der Waals surface area contributed by atoms with Crippen LogP contribution in [0.1, 0.15) is 18.4 Å². The van der Waals surface area contributed by atoms with E-state index >= 15 is 0 Å². The first-order valence-electron chi connectivity index (χ1n) is 7.37. The third kappa shape index (κ3) is 5.96. The van der Waals surface area contributed by atoms with E-state index in [1.807, 2.05) is 11.8 Å². The summed E-state index contributed by atoms with van der Waals surface area (Å²) in [4.78, 5) is 0. The Kier molecular flexibility index (Phi) is 6.87. The van der Waals surface area contributed by atoms with Gasteiger partial charge < -0.3 is 15.2 Å². The Morgan fingerprint density at radius 2 is 2.05 bits per heavy atom. The number of thioether (sulfide) groups is 1. The molecule has 4 nitrogen and oxygen atoms in total. The summed E-state index contributed by atoms with van der Waals surface area (Å²) in [7, 11) is 0. The van der Waals surface area contributed by atoms with Crippen molar-refractivity contribution in [2.45, 2.75) is 18.9 Å². The Balaban J connectivity index is 1.60. The molecule has 0 radical (unpaired) electrons. The quantitative estimate of drug-likeness (QED) is 0.807. The van der Waals surface area contributed by atoms with Crippen LogP contribution in [0.4, 0.5) is 0 Å². The minimum atomic E-state index is -0.515. The van der Waals surface area contributed by atoms with Crippen LogP contribution in [0, 0.1) is 17.2 Å². The molecular formula is C16H22N2O2S. The number of aliphatic hydroxyl groups excluding tert-OH is 1. The molecule has 2 rings (SSSR count). The van der Waals surface area contributed by atoms with E-state index in [-0.39, 0.29) is 6.61 Å². The molecule has 1 atom stereocenters. The van der Waals surface area contributed by atoms with Gasteiger partial charge in [-0.05, 0) is 61.1 Å². The molecule has 2 N–H and O–H groups in total. The van der Waals surface area contributed by atoms with E-state index in [4.69, 9.17) is 10.00 Å². The molecule has 1 aliphatic rings. The van der Waals surface area contributed by atoms with Gasteiger partial charge in [0.05, 0.1) is 11.6 Å². The summed E-state index contributed by atoms with van der Waals surface area (Å²) < 4.78 is 5.51. The molecule has 1 aromatic rings. The van der Waals surface area contributed by atoms with Gasteiger partial charge in [0.25, 0.3) is 0 Å². The van der Waals surface area contributed by atoms with Gasteiger partial charge in [0.15, 0.2) is 0 Å². The normalized spacial score (nSPS) is 17.1. The number of rotatable bonds is 7. The van der Waals surface area contributed by atoms with Crippen LogP contribution >= 0.6 is 11.8 Å². The standard InChI is InChI=1S/C16H22N2O2S/c17-9-13-1-3-16(4-2-13)20-12-15(19)11-18-10-14-5-7-21-8-6-14/h1-4,14-15,18-19H,5-8,10-12H2. The molecule has 0 aliphatic carbocycles. The number of nitrogens with zero attached hydrogens (tertiary/aromatic N) is 1. The number of nitriles is 1. The molecule has 1 aromatic carbocycles. The maximum atomic E-state index is 9.90. The largest absolute Gasteiger partial charge is 0.491 e. The highest BCUT2D eigenvalue weighted by molar-refractivity contribution is 7.99. The molecular weight excluding hydrogens is 284 g/mol. The van der Waals surface area contributed by atoms with Crippen LogP contribution in [-0.2, 0) is 0 Å². The summed E-state index contributed by atoms with van der Waals surface area (Å²) >= 11 is 2.03. The van der Waals surface area contributed by atoms with Gasteiger partial charge >= 0.3 is 0 Å². The number of hydrogen-bond acceptors (Lipinski definition) is 5. The second-order valence-corrected chi connectivity index (χ2v) is 6.54. The molecule has 21 heavy (non-hydrogen) atoms. The van der Waals surface area contributed by atoms with Crippen LogP contribution in [0.5, 0.6) is 5.75 Å². The third-order valence-corrected chi connectivity index (χ3v) is 4.63. The van der Waals surface area contributed by atoms with Crippen molar-refractivity contribution in [1.82, 2.24) is 5.32 Å². The Morgan fingerprint density at radius 3 is 2.71 bits per heavy atom. The number of aliphatic hydroxyl groups is 1. The van der Waals surface area contributed by atoms with Gasteiger partial charge in [0, 0.05) is 6.54 Å². The summed E-state index contributed by atoms with van der Waals surface area (Å²) in [6.07, 6.45) is 2.03. The van der Waals surface area contributed by atoms with Crippen LogP contribution in [0.15, 0.2) is 24.3 Å². The highest BCUT2D eigenvalue weighted by atomic mass is 32.2. The smallest absolute Gasteiger partial charge is 0.119 e. The van der Waals surface area contributed by atoms with E-state index in [9.17, 15) is 5.11 Å². The van der Waals surface area contributed by atoms with Crippen molar-refractivity contribution >= 4 is 11.8 Å². The van der Waals surface area contributed by atoms with Crippen molar-refractivity contribution in [3.8, 4) is 11.8 Å². The predicted molar refractivity (Wildman–Crippen MR) is 85.6 cm³/mol. The average Bonchev–Trinajstić information content (AvgIpc) is 2.54. The number of nitrogens with one attached hydrogen (secondary N) is 1. The number of benzene rings is 1. The lowest BCUT2D eigenvalue weighted by molar-refractivity contribution is 0.105. The van der Waals surface area contributed by atoms with Gasteiger partial charge in [-0.15, -0.1) is 0 Å². The van der Waals surface area contributed by atoms with Crippen molar-refractivity contribution in [1.29, 1.82) is 5.26 Å². The highest BCUT2D eigenvalue weighted by Gasteiger charge is 2.13. The van der Waals surface area contributed by atoms with Gasteiger partial charge in [-0.2, -0.15) is 17.0 Å². The van der Waals surface area contributed by atoms with Gasteiger partial charge in [0.2, 0.25) is 0 Å². The zero-order valence-electron chi connectivity index (χ0n) is 12.1. The first-order valence-corrected chi connectivity index (χ1v) is 8.53. The summed E-state index contributed by atoms with van der Waals surface area (Å²) in [6, 6.07) is 8.98. The Hall–Kier alpha value is -1.22. The zero-order valence-corrected chi connectivity index (χ0v) is 12.9. The van der Waals surface area contributed by atoms with Crippen LogP contribution in [0.25, 0.3) is 0 Å². The minimum Gasteiger partial charge on any atom is -0.491 e. The van der Waals surface area contributed by atoms with Crippen LogP contribution < -0.4 is 10.1 Å². The first-order chi connectivity index (χ1) is 10.3. The van der Waals surface area contributed by atoms with E-state index in [1.165, 1.54) is 24.3 Å². The molecule has 0 aromatic heterocycles. The first kappa shape index (κ1) is 16.2. The van der Waals surface area contributed by atoms with Crippen molar-refractivity contribution in [3.05, 3.63) is 29.8 Å². The Morgan fingerprint density at radius 1 is 1.33 bits per heavy atom. The van der Waals surface area contributed by atoms with Gasteiger partial charge in [-0.3, -0.25) is 0 Å². The average molecular weight is 306 g/mol. The Labute approximate surface area is 130 Å². The zero-order chi connectivity index (χ0) is 14.9. The monoisotopic (exact) mass is 306 g/mol. The topological polar surface area (TPSA) is 65.3 Å². The fourth-order valence-electron chi connectivity index (χ4n) is 2.28. The van der Waals surface area contributed by atoms with E-state index in [2.05, 4.69) is 11.4 Å². The van der Waals surface area contributed by atoms with Gasteiger partial charge in [-0.25, -0.2) is 0 Å². The SMILES string of the molecule is N#Cc1ccc(OCC(O)CNCC2CCSCC2)cc1. The van der Waals surface area contributed by atoms with Crippen molar-refractivity contribution in [2.75, 3.05) is 31.2 Å². The van der Waals surface area contributed by atoms with E-state index in [1.54, 1.807) is 24.3 Å². The van der Waals surface area contributed by atoms with Gasteiger partial charge in [0.1, 0.15) is 18.5 Å². The van der Waals surface area contributed by atoms with Crippen molar-refractivity contribution < 1.29 is 9.84 Å². The minimum absolute atomic E-state index is 0.263. The highest BCUT2D eigenvalue weighted by Crippen LogP contribution is 2.21. The van der Waals surface area contributed by atoms with Crippen molar-refractivity contribution in [2.24, 2.45) is 5.92 Å². The molecule has 0 amide bonds. The molecule has 0 spiro atoms. The third-order valence-electron chi connectivity index (χ3n) is 3.58.